The Bertz CT molecular complexity index is 487. The fourth-order valence-corrected chi connectivity index (χ4v) is 5.33. The van der Waals surface area contributed by atoms with Gasteiger partial charge in [0.25, 0.3) is 5.69 Å². The van der Waals surface area contributed by atoms with Gasteiger partial charge in [0.05, 0.1) is 10.7 Å². The van der Waals surface area contributed by atoms with E-state index in [-0.39, 0.29) is 16.5 Å². The van der Waals surface area contributed by atoms with E-state index in [1.165, 1.54) is 12.1 Å². The minimum Gasteiger partial charge on any atom is -0.259 e. The van der Waals surface area contributed by atoms with Crippen LogP contribution in [0.3, 0.4) is 0 Å². The van der Waals surface area contributed by atoms with Crippen LogP contribution in [0, 0.1) is 10.1 Å². The summed E-state index contributed by atoms with van der Waals surface area (Å²) in [6.07, 6.45) is 0. The first-order chi connectivity index (χ1) is 8.47. The highest BCUT2D eigenvalue weighted by atomic mass is 127. The van der Waals surface area contributed by atoms with E-state index < -0.39 is 15.7 Å². The lowest BCUT2D eigenvalue weighted by Crippen LogP contribution is -2.04. The summed E-state index contributed by atoms with van der Waals surface area (Å²) in [6, 6.07) is 2.66. The van der Waals surface area contributed by atoms with Crippen LogP contribution < -0.4 is 0 Å². The van der Waals surface area contributed by atoms with E-state index >= 15 is 0 Å². The van der Waals surface area contributed by atoms with E-state index in [0.29, 0.717) is 16.3 Å². The molecule has 18 heavy (non-hydrogen) atoms. The molecule has 100 valence electrons. The minimum absolute atomic E-state index is 0.0250. The second-order valence-electron chi connectivity index (χ2n) is 3.22. The lowest BCUT2D eigenvalue weighted by Gasteiger charge is -2.07. The van der Waals surface area contributed by atoms with Crippen molar-refractivity contribution in [1.82, 2.24) is 0 Å². The predicted octanol–water partition coefficient (Wildman–Crippen LogP) is 4.23. The van der Waals surface area contributed by atoms with Crippen LogP contribution in [0.4, 0.5) is 5.69 Å². The number of halogens is 3. The smallest absolute Gasteiger partial charge is 0.259 e. The molecule has 0 radical (unpaired) electrons. The van der Waals surface area contributed by atoms with Crippen molar-refractivity contribution in [3.05, 3.63) is 37.9 Å². The molecule has 0 bridgehead atoms. The summed E-state index contributed by atoms with van der Waals surface area (Å²) in [5.41, 5.74) is 0.167. The summed E-state index contributed by atoms with van der Waals surface area (Å²) in [6.45, 7) is 0. The highest BCUT2D eigenvalue weighted by molar-refractivity contribution is 14.2. The molecule has 1 rings (SSSR count). The quantitative estimate of drug-likeness (QED) is 0.378. The van der Waals surface area contributed by atoms with Gasteiger partial charge in [0.2, 0.25) is 0 Å². The Morgan fingerprint density at radius 3 is 2.67 bits per heavy atom. The van der Waals surface area contributed by atoms with Gasteiger partial charge in [0.1, 0.15) is 5.02 Å². The molecule has 0 saturated heterocycles. The van der Waals surface area contributed by atoms with Gasteiger partial charge in [-0.05, 0) is 27.3 Å². The maximum absolute atomic E-state index is 11.8. The molecule has 0 heterocycles. The molecule has 0 aliphatic rings. The predicted molar refractivity (Wildman–Crippen MR) is 86.3 cm³/mol. The van der Waals surface area contributed by atoms with E-state index in [4.69, 9.17) is 23.2 Å². The van der Waals surface area contributed by atoms with Crippen LogP contribution in [0.2, 0.25) is 10.0 Å². The fraction of sp³-hybridized carbons (Fsp3) is 0.333. The second kappa shape index (κ2) is 7.88. The van der Waals surface area contributed by atoms with Crippen LogP contribution in [0.5, 0.6) is 0 Å². The van der Waals surface area contributed by atoms with Crippen molar-refractivity contribution in [2.24, 2.45) is 0 Å². The van der Waals surface area contributed by atoms with Gasteiger partial charge >= 0.3 is 0 Å². The highest BCUT2D eigenvalue weighted by Crippen LogP contribution is 2.34. The molecule has 0 fully saturated rings. The Kier molecular flexibility index (Phi) is 7.22. The molecule has 0 aliphatic heterocycles. The average molecular weight is 440 g/mol. The first-order valence-electron chi connectivity index (χ1n) is 4.67. The van der Waals surface area contributed by atoms with Crippen molar-refractivity contribution in [2.45, 2.75) is 5.75 Å². The zero-order valence-corrected chi connectivity index (χ0v) is 14.2. The molecule has 0 amide bonds. The first kappa shape index (κ1) is 16.5. The van der Waals surface area contributed by atoms with Gasteiger partial charge in [0, 0.05) is 39.0 Å². The Morgan fingerprint density at radius 1 is 1.44 bits per heavy atom. The number of hydrogen-bond acceptors (Lipinski definition) is 4. The van der Waals surface area contributed by atoms with E-state index in [0.717, 1.165) is 5.75 Å². The maximum atomic E-state index is 11.8. The number of nitrogens with zero attached hydrogens (tertiary/aromatic N) is 1. The zero-order chi connectivity index (χ0) is 13.7. The van der Waals surface area contributed by atoms with Crippen LogP contribution in [-0.2, 0) is 16.6 Å². The lowest BCUT2D eigenvalue weighted by atomic mass is 10.2. The van der Waals surface area contributed by atoms with Crippen molar-refractivity contribution in [2.75, 3.05) is 11.5 Å². The molecular formula is C9H8Cl2INO3S2. The molecule has 1 atom stereocenters. The Balaban J connectivity index is 2.97. The summed E-state index contributed by atoms with van der Waals surface area (Å²) >= 11 is 14.0. The van der Waals surface area contributed by atoms with Crippen molar-refractivity contribution >= 4 is 69.8 Å². The zero-order valence-electron chi connectivity index (χ0n) is 8.90. The minimum atomic E-state index is -1.13. The average Bonchev–Trinajstić information content (AvgIpc) is 2.31. The maximum Gasteiger partial charge on any atom is 0.288 e. The Labute approximate surface area is 133 Å². The molecule has 0 saturated carbocycles. The van der Waals surface area contributed by atoms with E-state index in [1.54, 1.807) is 8.93 Å². The van der Waals surface area contributed by atoms with Gasteiger partial charge in [-0.25, -0.2) is 0 Å². The van der Waals surface area contributed by atoms with E-state index in [1.807, 2.05) is 0 Å². The molecule has 9 heteroatoms. The van der Waals surface area contributed by atoms with Gasteiger partial charge in [-0.3, -0.25) is 14.3 Å². The fourth-order valence-electron chi connectivity index (χ4n) is 1.22. The van der Waals surface area contributed by atoms with Crippen molar-refractivity contribution < 1.29 is 9.13 Å². The van der Waals surface area contributed by atoms with Gasteiger partial charge in [-0.2, -0.15) is 0 Å². The molecule has 0 aliphatic carbocycles. The van der Waals surface area contributed by atoms with Crippen LogP contribution >= 0.6 is 53.3 Å². The van der Waals surface area contributed by atoms with Gasteiger partial charge < -0.3 is 0 Å². The van der Waals surface area contributed by atoms with Crippen molar-refractivity contribution in [3.8, 4) is 0 Å². The number of hydrogen-bond donors (Lipinski definition) is 0. The Morgan fingerprint density at radius 2 is 2.11 bits per heavy atom. The van der Waals surface area contributed by atoms with Gasteiger partial charge in [0.15, 0.2) is 0 Å². The van der Waals surface area contributed by atoms with Crippen LogP contribution in [0.25, 0.3) is 0 Å². The highest BCUT2D eigenvalue weighted by Gasteiger charge is 2.19. The number of rotatable bonds is 6. The van der Waals surface area contributed by atoms with Gasteiger partial charge in [-0.15, -0.1) is 0 Å². The summed E-state index contributed by atoms with van der Waals surface area (Å²) in [5.74, 6) is 1.39. The standard InChI is InChI=1S/C9H8Cl2INO3S2/c10-7-1-2-8(13(14)15)9(11)6(7)5-18(16)4-3-17-12/h1-2H,3-5H2. The SMILES string of the molecule is O=[N+]([O-])c1ccc(Cl)c(CS(=O)CCSI)c1Cl. The third-order valence-corrected chi connectivity index (χ3v) is 6.04. The number of nitro groups is 1. The summed E-state index contributed by atoms with van der Waals surface area (Å²) < 4.78 is 11.8. The molecule has 4 nitrogen and oxygen atoms in total. The topological polar surface area (TPSA) is 60.2 Å². The van der Waals surface area contributed by atoms with Crippen molar-refractivity contribution in [1.29, 1.82) is 0 Å². The van der Waals surface area contributed by atoms with Crippen LogP contribution in [0.1, 0.15) is 5.56 Å². The largest absolute Gasteiger partial charge is 0.288 e. The summed E-state index contributed by atoms with van der Waals surface area (Å²) in [7, 11) is 0.430. The molecule has 1 aromatic carbocycles. The molecular weight excluding hydrogens is 432 g/mol. The monoisotopic (exact) mass is 439 g/mol. The summed E-state index contributed by atoms with van der Waals surface area (Å²) in [4.78, 5) is 10.2. The van der Waals surface area contributed by atoms with Crippen LogP contribution in [0.15, 0.2) is 12.1 Å². The molecule has 0 spiro atoms. The third-order valence-electron chi connectivity index (χ3n) is 2.06. The first-order valence-corrected chi connectivity index (χ1v) is 10.4. The van der Waals surface area contributed by atoms with Crippen molar-refractivity contribution in [3.63, 3.8) is 0 Å². The third kappa shape index (κ3) is 4.52. The number of benzene rings is 1. The molecule has 0 aromatic heterocycles. The Hall–Kier alpha value is 0.430. The van der Waals surface area contributed by atoms with Crippen LogP contribution in [-0.4, -0.2) is 20.6 Å². The van der Waals surface area contributed by atoms with Gasteiger partial charge in [-0.1, -0.05) is 32.1 Å². The second-order valence-corrected chi connectivity index (χ2v) is 8.07. The summed E-state index contributed by atoms with van der Waals surface area (Å²) in [5, 5.41) is 11.0. The number of nitro benzene ring substituents is 1. The molecule has 0 N–H and O–H groups in total. The van der Waals surface area contributed by atoms with E-state index in [9.17, 15) is 14.3 Å². The molecule has 1 unspecified atom stereocenters. The van der Waals surface area contributed by atoms with E-state index in [2.05, 4.69) is 21.2 Å². The molecule has 1 aromatic rings. The lowest BCUT2D eigenvalue weighted by molar-refractivity contribution is -0.384. The normalized spacial score (nSPS) is 12.4.